The van der Waals surface area contributed by atoms with Crippen molar-refractivity contribution in [2.75, 3.05) is 11.9 Å². The fourth-order valence-corrected chi connectivity index (χ4v) is 1.48. The summed E-state index contributed by atoms with van der Waals surface area (Å²) in [6, 6.07) is 0. The molecule has 0 aliphatic rings. The lowest BCUT2D eigenvalue weighted by Crippen LogP contribution is -2.54. The molecule has 0 aromatic heterocycles. The van der Waals surface area contributed by atoms with E-state index in [2.05, 4.69) is 20.7 Å². The van der Waals surface area contributed by atoms with Crippen molar-refractivity contribution in [3.05, 3.63) is 0 Å². The van der Waals surface area contributed by atoms with Crippen molar-refractivity contribution >= 4 is 21.9 Å². The zero-order chi connectivity index (χ0) is 16.0. The minimum Gasteiger partial charge on any atom is -0.459 e. The SMILES string of the molecule is O=C(CCCCCBr)OCC(F)(F)C(F)(F)C(F)(F)F. The van der Waals surface area contributed by atoms with Crippen LogP contribution in [0.15, 0.2) is 0 Å². The van der Waals surface area contributed by atoms with Crippen LogP contribution in [-0.4, -0.2) is 35.9 Å². The summed E-state index contributed by atoms with van der Waals surface area (Å²) < 4.78 is 89.5. The molecule has 0 heterocycles. The summed E-state index contributed by atoms with van der Waals surface area (Å²) in [5.74, 6) is -13.0. The molecule has 0 radical (unpaired) electrons. The second-order valence-electron chi connectivity index (χ2n) is 3.94. The van der Waals surface area contributed by atoms with Crippen LogP contribution in [0.2, 0.25) is 0 Å². The van der Waals surface area contributed by atoms with Gasteiger partial charge in [-0.15, -0.1) is 0 Å². The van der Waals surface area contributed by atoms with Crippen molar-refractivity contribution < 1.29 is 40.3 Å². The largest absolute Gasteiger partial charge is 0.460 e. The van der Waals surface area contributed by atoms with Gasteiger partial charge in [0.1, 0.15) is 0 Å². The molecule has 0 N–H and O–H groups in total. The van der Waals surface area contributed by atoms with Gasteiger partial charge in [0.15, 0.2) is 6.61 Å². The van der Waals surface area contributed by atoms with Crippen LogP contribution in [0.3, 0.4) is 0 Å². The maximum Gasteiger partial charge on any atom is 0.460 e. The molecule has 0 bridgehead atoms. The number of hydrogen-bond acceptors (Lipinski definition) is 2. The van der Waals surface area contributed by atoms with Gasteiger partial charge in [-0.25, -0.2) is 0 Å². The lowest BCUT2D eigenvalue weighted by molar-refractivity contribution is -0.359. The summed E-state index contributed by atoms with van der Waals surface area (Å²) in [5.41, 5.74) is 0. The molecule has 0 atom stereocenters. The topological polar surface area (TPSA) is 26.3 Å². The average molecular weight is 377 g/mol. The van der Waals surface area contributed by atoms with E-state index in [-0.39, 0.29) is 12.8 Å². The van der Waals surface area contributed by atoms with E-state index >= 15 is 0 Å². The van der Waals surface area contributed by atoms with Crippen LogP contribution in [0.4, 0.5) is 30.7 Å². The second-order valence-corrected chi connectivity index (χ2v) is 4.73. The normalized spacial score (nSPS) is 13.4. The van der Waals surface area contributed by atoms with E-state index in [0.717, 1.165) is 0 Å². The molecule has 0 aromatic carbocycles. The molecule has 2 nitrogen and oxygen atoms in total. The van der Waals surface area contributed by atoms with Crippen LogP contribution in [0.5, 0.6) is 0 Å². The summed E-state index contributed by atoms with van der Waals surface area (Å²) in [4.78, 5) is 10.9. The van der Waals surface area contributed by atoms with Gasteiger partial charge in [-0.3, -0.25) is 4.79 Å². The van der Waals surface area contributed by atoms with E-state index in [1.165, 1.54) is 0 Å². The number of esters is 1. The summed E-state index contributed by atoms with van der Waals surface area (Å²) in [5, 5.41) is 0.665. The Kier molecular flexibility index (Phi) is 7.26. The zero-order valence-corrected chi connectivity index (χ0v) is 11.7. The van der Waals surface area contributed by atoms with Crippen molar-refractivity contribution in [1.29, 1.82) is 0 Å². The number of halogens is 8. The second kappa shape index (κ2) is 7.46. The lowest BCUT2D eigenvalue weighted by Gasteiger charge is -2.27. The molecule has 120 valence electrons. The first kappa shape index (κ1) is 19.5. The Morgan fingerprint density at radius 3 is 1.95 bits per heavy atom. The highest BCUT2D eigenvalue weighted by molar-refractivity contribution is 9.09. The summed E-state index contributed by atoms with van der Waals surface area (Å²) in [6.45, 7) is -2.31. The molecule has 10 heteroatoms. The van der Waals surface area contributed by atoms with Crippen molar-refractivity contribution in [3.63, 3.8) is 0 Å². The van der Waals surface area contributed by atoms with Gasteiger partial charge in [-0.05, 0) is 12.8 Å². The van der Waals surface area contributed by atoms with Gasteiger partial charge < -0.3 is 4.74 Å². The van der Waals surface area contributed by atoms with Crippen molar-refractivity contribution in [2.45, 2.75) is 43.7 Å². The standard InChI is InChI=1S/C10H12BrF7O2/c11-5-3-1-2-4-7(19)20-6-8(12,13)9(14,15)10(16,17)18/h1-6H2. The summed E-state index contributed by atoms with van der Waals surface area (Å²) >= 11 is 3.11. The molecule has 0 aliphatic carbocycles. The molecule has 0 aliphatic heterocycles. The van der Waals surface area contributed by atoms with Crippen LogP contribution < -0.4 is 0 Å². The van der Waals surface area contributed by atoms with E-state index in [0.29, 0.717) is 18.2 Å². The highest BCUT2D eigenvalue weighted by Gasteiger charge is 2.73. The molecule has 0 unspecified atom stereocenters. The number of carbonyl (C=O) groups is 1. The lowest BCUT2D eigenvalue weighted by atomic mass is 10.1. The van der Waals surface area contributed by atoms with E-state index in [1.807, 2.05) is 0 Å². The number of carbonyl (C=O) groups excluding carboxylic acids is 1. The van der Waals surface area contributed by atoms with E-state index < -0.39 is 30.6 Å². The molecule has 0 saturated heterocycles. The number of ether oxygens (including phenoxy) is 1. The first-order valence-electron chi connectivity index (χ1n) is 5.49. The maximum atomic E-state index is 12.7. The predicted molar refractivity (Wildman–Crippen MR) is 59.2 cm³/mol. The van der Waals surface area contributed by atoms with Crippen LogP contribution in [0.1, 0.15) is 25.7 Å². The van der Waals surface area contributed by atoms with Gasteiger partial charge >= 0.3 is 24.0 Å². The quantitative estimate of drug-likeness (QED) is 0.273. The Morgan fingerprint density at radius 1 is 0.950 bits per heavy atom. The summed E-state index contributed by atoms with van der Waals surface area (Å²) in [6.07, 6.45) is -5.20. The average Bonchev–Trinajstić information content (AvgIpc) is 2.30. The zero-order valence-electron chi connectivity index (χ0n) is 10.1. The van der Waals surface area contributed by atoms with E-state index in [1.54, 1.807) is 0 Å². The molecular formula is C10H12BrF7O2. The van der Waals surface area contributed by atoms with Gasteiger partial charge in [-0.1, -0.05) is 22.4 Å². The molecule has 0 amide bonds. The highest BCUT2D eigenvalue weighted by atomic mass is 79.9. The minimum absolute atomic E-state index is 0.270. The van der Waals surface area contributed by atoms with Crippen LogP contribution in [-0.2, 0) is 9.53 Å². The highest BCUT2D eigenvalue weighted by Crippen LogP contribution is 2.46. The van der Waals surface area contributed by atoms with Gasteiger partial charge in [0.05, 0.1) is 0 Å². The first-order chi connectivity index (χ1) is 8.95. The molecule has 0 fully saturated rings. The van der Waals surface area contributed by atoms with Crippen LogP contribution in [0, 0.1) is 0 Å². The third-order valence-corrected chi connectivity index (χ3v) is 2.81. The molecule has 20 heavy (non-hydrogen) atoms. The number of unbranched alkanes of at least 4 members (excludes halogenated alkanes) is 2. The van der Waals surface area contributed by atoms with Gasteiger partial charge in [-0.2, -0.15) is 30.7 Å². The van der Waals surface area contributed by atoms with Gasteiger partial charge in [0, 0.05) is 11.8 Å². The Morgan fingerprint density at radius 2 is 1.50 bits per heavy atom. The fraction of sp³-hybridized carbons (Fsp3) is 0.900. The minimum atomic E-state index is -6.42. The monoisotopic (exact) mass is 376 g/mol. The molecule has 0 saturated carbocycles. The molecule has 0 rings (SSSR count). The Labute approximate surface area is 118 Å². The fourth-order valence-electron chi connectivity index (χ4n) is 1.08. The van der Waals surface area contributed by atoms with E-state index in [9.17, 15) is 35.5 Å². The summed E-state index contributed by atoms with van der Waals surface area (Å²) in [7, 11) is 0. The molecule has 0 spiro atoms. The number of hydrogen-bond donors (Lipinski definition) is 0. The van der Waals surface area contributed by atoms with Crippen molar-refractivity contribution in [1.82, 2.24) is 0 Å². The third-order valence-electron chi connectivity index (χ3n) is 2.24. The third kappa shape index (κ3) is 5.45. The van der Waals surface area contributed by atoms with E-state index in [4.69, 9.17) is 0 Å². The Balaban J connectivity index is 4.32. The molecule has 0 aromatic rings. The Hall–Kier alpha value is -0.540. The molecular weight excluding hydrogens is 365 g/mol. The number of alkyl halides is 8. The number of rotatable bonds is 8. The predicted octanol–water partition coefficient (Wildman–Crippen LogP) is 4.32. The van der Waals surface area contributed by atoms with Crippen molar-refractivity contribution in [3.8, 4) is 0 Å². The van der Waals surface area contributed by atoms with Crippen LogP contribution >= 0.6 is 15.9 Å². The van der Waals surface area contributed by atoms with Gasteiger partial charge in [0.25, 0.3) is 0 Å². The Bertz CT molecular complexity index is 317. The smallest absolute Gasteiger partial charge is 0.459 e. The first-order valence-corrected chi connectivity index (χ1v) is 6.62. The van der Waals surface area contributed by atoms with Crippen molar-refractivity contribution in [2.24, 2.45) is 0 Å². The maximum absolute atomic E-state index is 12.7. The van der Waals surface area contributed by atoms with Crippen LogP contribution in [0.25, 0.3) is 0 Å². The van der Waals surface area contributed by atoms with Gasteiger partial charge in [0.2, 0.25) is 0 Å².